The van der Waals surface area contributed by atoms with Crippen LogP contribution in [0.25, 0.3) is 5.65 Å². The highest BCUT2D eigenvalue weighted by atomic mass is 35.5. The Morgan fingerprint density at radius 3 is 2.80 bits per heavy atom. The van der Waals surface area contributed by atoms with Crippen LogP contribution in [0, 0.1) is 6.92 Å². The molecule has 0 aromatic carbocycles. The first-order valence-corrected chi connectivity index (χ1v) is 4.50. The summed E-state index contributed by atoms with van der Waals surface area (Å²) in [4.78, 5) is 12.2. The zero-order valence-electron chi connectivity index (χ0n) is 8.14. The molecule has 6 heteroatoms. The maximum atomic E-state index is 9.05. The molecule has 80 valence electrons. The molecule has 5 nitrogen and oxygen atoms in total. The highest BCUT2D eigenvalue weighted by Crippen LogP contribution is 2.12. The lowest BCUT2D eigenvalue weighted by molar-refractivity contribution is -0.0979. The van der Waals surface area contributed by atoms with Crippen molar-refractivity contribution < 1.29 is 9.90 Å². The number of aromatic nitrogens is 3. The summed E-state index contributed by atoms with van der Waals surface area (Å²) in [7, 11) is 0. The van der Waals surface area contributed by atoms with Crippen molar-refractivity contribution in [2.45, 2.75) is 13.5 Å². The summed E-state index contributed by atoms with van der Waals surface area (Å²) in [5.41, 5.74) is 2.15. The second-order valence-electron chi connectivity index (χ2n) is 2.73. The zero-order valence-corrected chi connectivity index (χ0v) is 8.90. The van der Waals surface area contributed by atoms with E-state index in [2.05, 4.69) is 10.1 Å². The minimum absolute atomic E-state index is 0.0830. The van der Waals surface area contributed by atoms with E-state index in [1.54, 1.807) is 16.6 Å². The van der Waals surface area contributed by atoms with Crippen LogP contribution in [-0.4, -0.2) is 26.5 Å². The molecule has 0 radical (unpaired) electrons. The van der Waals surface area contributed by atoms with Crippen LogP contribution in [0.4, 0.5) is 0 Å². The third kappa shape index (κ3) is 2.14. The number of hydrogen-bond acceptors (Lipinski definition) is 4. The molecule has 2 aromatic rings. The van der Waals surface area contributed by atoms with Crippen LogP contribution in [0.3, 0.4) is 0 Å². The average Bonchev–Trinajstić information content (AvgIpc) is 2.56. The maximum Gasteiger partial charge on any atom is 0.154 e. The molecule has 0 aliphatic rings. The molecule has 0 spiro atoms. The van der Waals surface area contributed by atoms with Crippen LogP contribution >= 0.6 is 11.6 Å². The molecule has 0 aliphatic heterocycles. The summed E-state index contributed by atoms with van der Waals surface area (Å²) in [6.07, 6.45) is 0. The van der Waals surface area contributed by atoms with Crippen LogP contribution in [0.1, 0.15) is 11.4 Å². The normalized spacial score (nSPS) is 9.80. The Morgan fingerprint density at radius 2 is 2.20 bits per heavy atom. The number of aryl methyl sites for hydroxylation is 1. The molecule has 0 saturated carbocycles. The fourth-order valence-electron chi connectivity index (χ4n) is 1.25. The molecule has 0 amide bonds. The van der Waals surface area contributed by atoms with Crippen molar-refractivity contribution in [3.05, 3.63) is 28.7 Å². The van der Waals surface area contributed by atoms with E-state index in [1.807, 2.05) is 13.7 Å². The molecule has 0 bridgehead atoms. The van der Waals surface area contributed by atoms with E-state index in [9.17, 15) is 0 Å². The van der Waals surface area contributed by atoms with Gasteiger partial charge in [-0.3, -0.25) is 0 Å². The van der Waals surface area contributed by atoms with Gasteiger partial charge in [0, 0.05) is 0 Å². The number of imidazole rings is 1. The SMILES string of the molecule is C=O.Cc1nc2ccc(Cl)nn2c1CO. The summed E-state index contributed by atoms with van der Waals surface area (Å²) in [6.45, 7) is 3.74. The molecule has 0 unspecified atom stereocenters. The lowest BCUT2D eigenvalue weighted by Crippen LogP contribution is -1.98. The quantitative estimate of drug-likeness (QED) is 0.789. The number of halogens is 1. The van der Waals surface area contributed by atoms with Gasteiger partial charge in [-0.1, -0.05) is 11.6 Å². The van der Waals surface area contributed by atoms with E-state index in [4.69, 9.17) is 21.5 Å². The summed E-state index contributed by atoms with van der Waals surface area (Å²) in [5, 5.41) is 13.5. The fraction of sp³-hybridized carbons (Fsp3) is 0.222. The van der Waals surface area contributed by atoms with Gasteiger partial charge in [-0.05, 0) is 19.1 Å². The van der Waals surface area contributed by atoms with Gasteiger partial charge in [0.1, 0.15) is 11.9 Å². The highest BCUT2D eigenvalue weighted by molar-refractivity contribution is 6.29. The van der Waals surface area contributed by atoms with E-state index in [-0.39, 0.29) is 6.61 Å². The molecule has 0 aliphatic carbocycles. The van der Waals surface area contributed by atoms with Crippen LogP contribution in [-0.2, 0) is 11.4 Å². The third-order valence-electron chi connectivity index (χ3n) is 1.89. The van der Waals surface area contributed by atoms with Crippen molar-refractivity contribution >= 4 is 24.0 Å². The number of rotatable bonds is 1. The summed E-state index contributed by atoms with van der Waals surface area (Å²) < 4.78 is 1.55. The Balaban J connectivity index is 0.000000531. The third-order valence-corrected chi connectivity index (χ3v) is 2.09. The predicted octanol–water partition coefficient (Wildman–Crippen LogP) is 0.999. The van der Waals surface area contributed by atoms with E-state index >= 15 is 0 Å². The van der Waals surface area contributed by atoms with E-state index in [1.165, 1.54) is 0 Å². The van der Waals surface area contributed by atoms with E-state index in [0.717, 1.165) is 5.69 Å². The lowest BCUT2D eigenvalue weighted by atomic mass is 10.4. The van der Waals surface area contributed by atoms with E-state index in [0.29, 0.717) is 16.5 Å². The van der Waals surface area contributed by atoms with Gasteiger partial charge in [0.15, 0.2) is 5.65 Å². The van der Waals surface area contributed by atoms with Crippen molar-refractivity contribution in [1.29, 1.82) is 0 Å². The Bertz CT molecular complexity index is 470. The lowest BCUT2D eigenvalue weighted by Gasteiger charge is -1.96. The predicted molar refractivity (Wildman–Crippen MR) is 55.8 cm³/mol. The van der Waals surface area contributed by atoms with Crippen molar-refractivity contribution in [2.75, 3.05) is 0 Å². The Hall–Kier alpha value is -1.46. The van der Waals surface area contributed by atoms with Gasteiger partial charge in [-0.2, -0.15) is 5.10 Å². The van der Waals surface area contributed by atoms with Gasteiger partial charge in [-0.25, -0.2) is 9.50 Å². The maximum absolute atomic E-state index is 9.05. The van der Waals surface area contributed by atoms with Crippen molar-refractivity contribution in [1.82, 2.24) is 14.6 Å². The van der Waals surface area contributed by atoms with Crippen molar-refractivity contribution in [3.8, 4) is 0 Å². The number of fused-ring (bicyclic) bond motifs is 1. The molecule has 1 N–H and O–H groups in total. The number of aliphatic hydroxyl groups is 1. The minimum atomic E-state index is -0.0830. The molecule has 0 saturated heterocycles. The fourth-order valence-corrected chi connectivity index (χ4v) is 1.39. The Labute approximate surface area is 91.3 Å². The molecule has 2 rings (SSSR count). The number of carbonyl (C=O) groups excluding carboxylic acids is 1. The number of carbonyl (C=O) groups is 1. The first-order chi connectivity index (χ1) is 7.22. The van der Waals surface area contributed by atoms with Gasteiger partial charge in [0.2, 0.25) is 0 Å². The van der Waals surface area contributed by atoms with Crippen molar-refractivity contribution in [2.24, 2.45) is 0 Å². The molecule has 15 heavy (non-hydrogen) atoms. The van der Waals surface area contributed by atoms with Gasteiger partial charge in [-0.15, -0.1) is 0 Å². The molecular formula is C9H10ClN3O2. The number of aliphatic hydroxyl groups excluding tert-OH is 1. The smallest absolute Gasteiger partial charge is 0.154 e. The Morgan fingerprint density at radius 1 is 1.53 bits per heavy atom. The van der Waals surface area contributed by atoms with Crippen LogP contribution in [0.5, 0.6) is 0 Å². The second kappa shape index (κ2) is 4.86. The molecule has 0 atom stereocenters. The first-order valence-electron chi connectivity index (χ1n) is 4.13. The van der Waals surface area contributed by atoms with Crippen LogP contribution in [0.15, 0.2) is 12.1 Å². The summed E-state index contributed by atoms with van der Waals surface area (Å²) >= 11 is 5.72. The molecule has 2 heterocycles. The van der Waals surface area contributed by atoms with Gasteiger partial charge in [0.25, 0.3) is 0 Å². The summed E-state index contributed by atoms with van der Waals surface area (Å²) in [5.74, 6) is 0. The average molecular weight is 228 g/mol. The van der Waals surface area contributed by atoms with Crippen molar-refractivity contribution in [3.63, 3.8) is 0 Å². The topological polar surface area (TPSA) is 67.5 Å². The molecular weight excluding hydrogens is 218 g/mol. The largest absolute Gasteiger partial charge is 0.390 e. The summed E-state index contributed by atoms with van der Waals surface area (Å²) in [6, 6.07) is 3.44. The number of hydrogen-bond donors (Lipinski definition) is 1. The van der Waals surface area contributed by atoms with Crippen LogP contribution < -0.4 is 0 Å². The second-order valence-corrected chi connectivity index (χ2v) is 3.12. The highest BCUT2D eigenvalue weighted by Gasteiger charge is 2.08. The zero-order chi connectivity index (χ0) is 11.4. The van der Waals surface area contributed by atoms with E-state index < -0.39 is 0 Å². The molecule has 0 fully saturated rings. The van der Waals surface area contributed by atoms with Crippen LogP contribution in [0.2, 0.25) is 5.15 Å². The Kier molecular flexibility index (Phi) is 3.76. The monoisotopic (exact) mass is 227 g/mol. The van der Waals surface area contributed by atoms with Gasteiger partial charge >= 0.3 is 0 Å². The minimum Gasteiger partial charge on any atom is -0.390 e. The number of nitrogens with zero attached hydrogens (tertiary/aromatic N) is 3. The van der Waals surface area contributed by atoms with Gasteiger partial charge < -0.3 is 9.90 Å². The first kappa shape index (κ1) is 11.6. The van der Waals surface area contributed by atoms with Gasteiger partial charge in [0.05, 0.1) is 18.0 Å². The molecule has 2 aromatic heterocycles. The standard InChI is InChI=1S/C8H8ClN3O.CH2O/c1-5-6(4-13)12-8(10-5)3-2-7(9)11-12;1-2/h2-3,13H,4H2,1H3;1H2.